The van der Waals surface area contributed by atoms with E-state index in [0.29, 0.717) is 0 Å². The van der Waals surface area contributed by atoms with Gasteiger partial charge in [-0.05, 0) is 18.2 Å². The molecule has 0 atom stereocenters. The van der Waals surface area contributed by atoms with Crippen LogP contribution in [-0.4, -0.2) is 4.98 Å². The highest BCUT2D eigenvalue weighted by Gasteiger charge is 2.13. The molecule has 0 radical (unpaired) electrons. The molecule has 1 heterocycles. The molecule has 2 aromatic rings. The van der Waals surface area contributed by atoms with Crippen LogP contribution in [0.25, 0.3) is 11.3 Å². The lowest BCUT2D eigenvalue weighted by molar-refractivity contribution is 0.585. The summed E-state index contributed by atoms with van der Waals surface area (Å²) in [5.74, 6) is -1.40. The number of halogens is 4. The lowest BCUT2D eigenvalue weighted by Crippen LogP contribution is -1.96. The first kappa shape index (κ1) is 12.1. The van der Waals surface area contributed by atoms with Crippen molar-refractivity contribution >= 4 is 29.0 Å². The monoisotopic (exact) mass is 274 g/mol. The fourth-order valence-electron chi connectivity index (χ4n) is 1.35. The van der Waals surface area contributed by atoms with Gasteiger partial charge >= 0.3 is 0 Å². The van der Waals surface area contributed by atoms with E-state index in [1.807, 2.05) is 0 Å². The van der Waals surface area contributed by atoms with E-state index in [2.05, 4.69) is 4.98 Å². The summed E-state index contributed by atoms with van der Waals surface area (Å²) in [5, 5.41) is 0.330. The molecule has 0 aliphatic rings. The summed E-state index contributed by atoms with van der Waals surface area (Å²) in [6, 6.07) is 4.47. The number of anilines is 1. The number of hydrogen-bond acceptors (Lipinski definition) is 2. The highest BCUT2D eigenvalue weighted by atomic mass is 35.5. The molecule has 0 saturated carbocycles. The standard InChI is InChI=1S/C11H6Cl2F2N2/c12-7-4-8(13)11(16)17-10(7)6-2-1-5(14)3-9(6)15/h1-4H,(H2,16,17). The van der Waals surface area contributed by atoms with Crippen molar-refractivity contribution < 1.29 is 8.78 Å². The normalized spacial score (nSPS) is 10.6. The summed E-state index contributed by atoms with van der Waals surface area (Å²) in [4.78, 5) is 3.88. The zero-order valence-corrected chi connectivity index (χ0v) is 9.86. The molecule has 88 valence electrons. The number of nitrogen functional groups attached to an aromatic ring is 1. The van der Waals surface area contributed by atoms with Gasteiger partial charge in [0.1, 0.15) is 17.5 Å². The first-order valence-electron chi connectivity index (χ1n) is 4.56. The Bertz CT molecular complexity index is 588. The largest absolute Gasteiger partial charge is 0.382 e. The zero-order chi connectivity index (χ0) is 12.6. The van der Waals surface area contributed by atoms with Crippen LogP contribution in [0.1, 0.15) is 0 Å². The van der Waals surface area contributed by atoms with E-state index in [0.717, 1.165) is 12.1 Å². The van der Waals surface area contributed by atoms with Crippen molar-refractivity contribution in [2.45, 2.75) is 0 Å². The summed E-state index contributed by atoms with van der Waals surface area (Å²) in [6.07, 6.45) is 0. The molecule has 0 saturated heterocycles. The average molecular weight is 275 g/mol. The van der Waals surface area contributed by atoms with Gasteiger partial charge in [0.25, 0.3) is 0 Å². The summed E-state index contributed by atoms with van der Waals surface area (Å²) < 4.78 is 26.3. The van der Waals surface area contributed by atoms with E-state index in [1.165, 1.54) is 12.1 Å². The summed E-state index contributed by atoms with van der Waals surface area (Å²) in [5.41, 5.74) is 5.71. The fraction of sp³-hybridized carbons (Fsp3) is 0. The van der Waals surface area contributed by atoms with E-state index in [9.17, 15) is 8.78 Å². The predicted molar refractivity (Wildman–Crippen MR) is 64.0 cm³/mol. The number of hydrogen-bond donors (Lipinski definition) is 1. The molecule has 2 nitrogen and oxygen atoms in total. The average Bonchev–Trinajstić information content (AvgIpc) is 2.24. The Morgan fingerprint density at radius 2 is 1.76 bits per heavy atom. The first-order valence-corrected chi connectivity index (χ1v) is 5.31. The molecule has 1 aromatic heterocycles. The second kappa shape index (κ2) is 4.47. The van der Waals surface area contributed by atoms with Crippen LogP contribution in [0.5, 0.6) is 0 Å². The molecule has 17 heavy (non-hydrogen) atoms. The Kier molecular flexibility index (Phi) is 3.17. The lowest BCUT2D eigenvalue weighted by atomic mass is 10.1. The van der Waals surface area contributed by atoms with E-state index in [1.54, 1.807) is 0 Å². The van der Waals surface area contributed by atoms with Gasteiger partial charge in [-0.15, -0.1) is 0 Å². The molecule has 0 aliphatic carbocycles. The maximum absolute atomic E-state index is 13.5. The van der Waals surface area contributed by atoms with Gasteiger partial charge in [-0.25, -0.2) is 13.8 Å². The Balaban J connectivity index is 2.64. The van der Waals surface area contributed by atoms with Crippen molar-refractivity contribution in [2.24, 2.45) is 0 Å². The maximum Gasteiger partial charge on any atom is 0.143 e. The molecule has 2 rings (SSSR count). The SMILES string of the molecule is Nc1nc(-c2ccc(F)cc2F)c(Cl)cc1Cl. The third-order valence-corrected chi connectivity index (χ3v) is 2.73. The van der Waals surface area contributed by atoms with Crippen molar-refractivity contribution in [3.63, 3.8) is 0 Å². The number of nitrogens with two attached hydrogens (primary N) is 1. The summed E-state index contributed by atoms with van der Waals surface area (Å²) in [6.45, 7) is 0. The fourth-order valence-corrected chi connectivity index (χ4v) is 1.81. The summed E-state index contributed by atoms with van der Waals surface area (Å²) in [7, 11) is 0. The van der Waals surface area contributed by atoms with Crippen molar-refractivity contribution in [2.75, 3.05) is 5.73 Å². The molecule has 6 heteroatoms. The third kappa shape index (κ3) is 2.33. The second-order valence-corrected chi connectivity index (χ2v) is 4.12. The van der Waals surface area contributed by atoms with Crippen LogP contribution in [0, 0.1) is 11.6 Å². The van der Waals surface area contributed by atoms with Crippen LogP contribution in [0.3, 0.4) is 0 Å². The molecular formula is C11H6Cl2F2N2. The number of pyridine rings is 1. The van der Waals surface area contributed by atoms with Gasteiger partial charge in [-0.1, -0.05) is 23.2 Å². The minimum Gasteiger partial charge on any atom is -0.382 e. The van der Waals surface area contributed by atoms with Gasteiger partial charge in [0.05, 0.1) is 15.7 Å². The van der Waals surface area contributed by atoms with Crippen molar-refractivity contribution in [3.8, 4) is 11.3 Å². The number of benzene rings is 1. The predicted octanol–water partition coefficient (Wildman–Crippen LogP) is 3.92. The van der Waals surface area contributed by atoms with Gasteiger partial charge < -0.3 is 5.73 Å². The maximum atomic E-state index is 13.5. The number of rotatable bonds is 1. The van der Waals surface area contributed by atoms with Gasteiger partial charge in [0, 0.05) is 11.6 Å². The Hall–Kier alpha value is -1.39. The van der Waals surface area contributed by atoms with Crippen LogP contribution < -0.4 is 5.73 Å². The minimum absolute atomic E-state index is 0.0368. The van der Waals surface area contributed by atoms with Crippen LogP contribution in [-0.2, 0) is 0 Å². The zero-order valence-electron chi connectivity index (χ0n) is 8.35. The first-order chi connectivity index (χ1) is 7.99. The van der Waals surface area contributed by atoms with E-state index in [-0.39, 0.29) is 27.1 Å². The summed E-state index contributed by atoms with van der Waals surface area (Å²) >= 11 is 11.6. The van der Waals surface area contributed by atoms with Crippen LogP contribution in [0.4, 0.5) is 14.6 Å². The van der Waals surface area contributed by atoms with Gasteiger partial charge in [-0.2, -0.15) is 0 Å². The topological polar surface area (TPSA) is 38.9 Å². The molecular weight excluding hydrogens is 269 g/mol. The van der Waals surface area contributed by atoms with E-state index < -0.39 is 11.6 Å². The van der Waals surface area contributed by atoms with Gasteiger partial charge in [-0.3, -0.25) is 0 Å². The van der Waals surface area contributed by atoms with Gasteiger partial charge in [0.2, 0.25) is 0 Å². The number of nitrogens with zero attached hydrogens (tertiary/aromatic N) is 1. The quantitative estimate of drug-likeness (QED) is 0.856. The Labute approximate surface area is 106 Å². The highest BCUT2D eigenvalue weighted by Crippen LogP contribution is 2.32. The Morgan fingerprint density at radius 1 is 1.06 bits per heavy atom. The van der Waals surface area contributed by atoms with E-state index in [4.69, 9.17) is 28.9 Å². The van der Waals surface area contributed by atoms with E-state index >= 15 is 0 Å². The third-order valence-electron chi connectivity index (χ3n) is 2.14. The molecule has 0 spiro atoms. The van der Waals surface area contributed by atoms with Crippen LogP contribution in [0.15, 0.2) is 24.3 Å². The van der Waals surface area contributed by atoms with Crippen LogP contribution >= 0.6 is 23.2 Å². The van der Waals surface area contributed by atoms with Crippen LogP contribution in [0.2, 0.25) is 10.0 Å². The molecule has 0 fully saturated rings. The lowest BCUT2D eigenvalue weighted by Gasteiger charge is -2.07. The smallest absolute Gasteiger partial charge is 0.143 e. The van der Waals surface area contributed by atoms with Gasteiger partial charge in [0.15, 0.2) is 0 Å². The molecule has 2 N–H and O–H groups in total. The minimum atomic E-state index is -0.763. The molecule has 1 aromatic carbocycles. The van der Waals surface area contributed by atoms with Crippen molar-refractivity contribution in [1.29, 1.82) is 0 Å². The molecule has 0 bridgehead atoms. The Morgan fingerprint density at radius 3 is 2.41 bits per heavy atom. The molecule has 0 amide bonds. The highest BCUT2D eigenvalue weighted by molar-refractivity contribution is 6.37. The molecule has 0 aliphatic heterocycles. The van der Waals surface area contributed by atoms with Crippen molar-refractivity contribution in [3.05, 3.63) is 45.9 Å². The number of aromatic nitrogens is 1. The molecule has 0 unspecified atom stereocenters. The second-order valence-electron chi connectivity index (χ2n) is 3.31. The van der Waals surface area contributed by atoms with Crippen molar-refractivity contribution in [1.82, 2.24) is 4.98 Å².